The average Bonchev–Trinajstić information content (AvgIpc) is 3.06. The van der Waals surface area contributed by atoms with Gasteiger partial charge >= 0.3 is 0 Å². The Morgan fingerprint density at radius 2 is 2.33 bits per heavy atom. The second-order valence-corrected chi connectivity index (χ2v) is 5.59. The molecule has 0 radical (unpaired) electrons. The van der Waals surface area contributed by atoms with E-state index in [1.807, 2.05) is 0 Å². The van der Waals surface area contributed by atoms with Crippen LogP contribution in [0.2, 0.25) is 0 Å². The first-order valence-corrected chi connectivity index (χ1v) is 7.19. The minimum atomic E-state index is -0.450. The van der Waals surface area contributed by atoms with E-state index >= 15 is 0 Å². The Bertz CT molecular complexity index is 679. The number of fused-ring (bicyclic) bond motifs is 1. The van der Waals surface area contributed by atoms with Crippen LogP contribution in [-0.4, -0.2) is 35.6 Å². The van der Waals surface area contributed by atoms with Gasteiger partial charge in [0.05, 0.1) is 0 Å². The van der Waals surface area contributed by atoms with Crippen LogP contribution in [0.15, 0.2) is 22.6 Å². The van der Waals surface area contributed by atoms with Crippen LogP contribution in [0, 0.1) is 18.7 Å². The molecule has 1 amide bonds. The van der Waals surface area contributed by atoms with Crippen LogP contribution >= 0.6 is 0 Å². The van der Waals surface area contributed by atoms with Crippen LogP contribution in [0.25, 0.3) is 11.0 Å². The molecule has 1 saturated heterocycles. The summed E-state index contributed by atoms with van der Waals surface area (Å²) in [7, 11) is 0. The van der Waals surface area contributed by atoms with Crippen molar-refractivity contribution in [3.63, 3.8) is 0 Å². The SMILES string of the molecule is Cc1c(C(=O)N2CCC(CCO)C2)oc2c(F)cccc12. The number of likely N-dealkylation sites (tertiary alicyclic amines) is 1. The standard InChI is InChI=1S/C16H18FNO3/c1-10-12-3-2-4-13(17)15(12)21-14(10)16(20)18-7-5-11(9-18)6-8-19/h2-4,11,19H,5-9H2,1H3. The van der Waals surface area contributed by atoms with Gasteiger partial charge in [0.2, 0.25) is 0 Å². The zero-order valence-corrected chi connectivity index (χ0v) is 11.9. The van der Waals surface area contributed by atoms with Crippen LogP contribution in [0.5, 0.6) is 0 Å². The number of halogens is 1. The van der Waals surface area contributed by atoms with E-state index in [-0.39, 0.29) is 23.9 Å². The lowest BCUT2D eigenvalue weighted by Gasteiger charge is -2.15. The van der Waals surface area contributed by atoms with Gasteiger partial charge in [0, 0.05) is 30.6 Å². The number of benzene rings is 1. The Morgan fingerprint density at radius 3 is 3.05 bits per heavy atom. The lowest BCUT2D eigenvalue weighted by Crippen LogP contribution is -2.29. The largest absolute Gasteiger partial charge is 0.448 e. The van der Waals surface area contributed by atoms with E-state index < -0.39 is 5.82 Å². The number of amides is 1. The topological polar surface area (TPSA) is 53.7 Å². The minimum Gasteiger partial charge on any atom is -0.448 e. The molecule has 0 bridgehead atoms. The number of nitrogens with zero attached hydrogens (tertiary/aromatic N) is 1. The van der Waals surface area contributed by atoms with Crippen molar-refractivity contribution in [1.82, 2.24) is 4.90 Å². The lowest BCUT2D eigenvalue weighted by atomic mass is 10.1. The van der Waals surface area contributed by atoms with Gasteiger partial charge in [0.15, 0.2) is 17.2 Å². The monoisotopic (exact) mass is 291 g/mol. The molecular formula is C16H18FNO3. The molecular weight excluding hydrogens is 273 g/mol. The van der Waals surface area contributed by atoms with Crippen LogP contribution in [-0.2, 0) is 0 Å². The Balaban J connectivity index is 1.89. The Hall–Kier alpha value is -1.88. The summed E-state index contributed by atoms with van der Waals surface area (Å²) in [4.78, 5) is 14.3. The van der Waals surface area contributed by atoms with Gasteiger partial charge in [0.1, 0.15) is 0 Å². The fraction of sp³-hybridized carbons (Fsp3) is 0.438. The van der Waals surface area contributed by atoms with Gasteiger partial charge in [-0.3, -0.25) is 4.79 Å². The highest BCUT2D eigenvalue weighted by Gasteiger charge is 2.30. The average molecular weight is 291 g/mol. The van der Waals surface area contributed by atoms with Crippen molar-refractivity contribution in [1.29, 1.82) is 0 Å². The number of rotatable bonds is 3. The first-order valence-electron chi connectivity index (χ1n) is 7.19. The maximum atomic E-state index is 13.7. The number of furan rings is 1. The van der Waals surface area contributed by atoms with Crippen molar-refractivity contribution in [3.05, 3.63) is 35.3 Å². The molecule has 1 atom stereocenters. The summed E-state index contributed by atoms with van der Waals surface area (Å²) >= 11 is 0. The number of carbonyl (C=O) groups excluding carboxylic acids is 1. The minimum absolute atomic E-state index is 0.140. The molecule has 1 aliphatic rings. The summed E-state index contributed by atoms with van der Waals surface area (Å²) in [5, 5.41) is 9.62. The van der Waals surface area contributed by atoms with Crippen molar-refractivity contribution < 1.29 is 18.7 Å². The third-order valence-corrected chi connectivity index (χ3v) is 4.22. The van der Waals surface area contributed by atoms with Gasteiger partial charge < -0.3 is 14.4 Å². The van der Waals surface area contributed by atoms with Gasteiger partial charge in [0.25, 0.3) is 5.91 Å². The number of aliphatic hydroxyl groups is 1. The molecule has 1 aromatic heterocycles. The maximum Gasteiger partial charge on any atom is 0.289 e. The Labute approximate surface area is 122 Å². The molecule has 1 aliphatic heterocycles. The molecule has 2 heterocycles. The molecule has 5 heteroatoms. The fourth-order valence-corrected chi connectivity index (χ4v) is 2.99. The molecule has 1 N–H and O–H groups in total. The van der Waals surface area contributed by atoms with E-state index in [1.165, 1.54) is 6.07 Å². The molecule has 3 rings (SSSR count). The Kier molecular flexibility index (Phi) is 3.68. The molecule has 0 spiro atoms. The number of aryl methyl sites for hydroxylation is 1. The van der Waals surface area contributed by atoms with Gasteiger partial charge in [-0.25, -0.2) is 4.39 Å². The van der Waals surface area contributed by atoms with Crippen molar-refractivity contribution in [2.24, 2.45) is 5.92 Å². The quantitative estimate of drug-likeness (QED) is 0.946. The summed E-state index contributed by atoms with van der Waals surface area (Å²) in [6.07, 6.45) is 1.59. The van der Waals surface area contributed by atoms with Gasteiger partial charge in [-0.2, -0.15) is 0 Å². The second kappa shape index (κ2) is 5.48. The van der Waals surface area contributed by atoms with E-state index in [9.17, 15) is 9.18 Å². The van der Waals surface area contributed by atoms with E-state index in [4.69, 9.17) is 9.52 Å². The second-order valence-electron chi connectivity index (χ2n) is 5.59. The molecule has 112 valence electrons. The van der Waals surface area contributed by atoms with Crippen molar-refractivity contribution in [2.75, 3.05) is 19.7 Å². The van der Waals surface area contributed by atoms with Crippen LogP contribution in [0.4, 0.5) is 4.39 Å². The van der Waals surface area contributed by atoms with Crippen molar-refractivity contribution >= 4 is 16.9 Å². The number of para-hydroxylation sites is 1. The van der Waals surface area contributed by atoms with E-state index in [0.717, 1.165) is 6.42 Å². The Morgan fingerprint density at radius 1 is 1.52 bits per heavy atom. The number of hydrogen-bond donors (Lipinski definition) is 1. The first kappa shape index (κ1) is 14.1. The molecule has 0 saturated carbocycles. The zero-order chi connectivity index (χ0) is 15.0. The van der Waals surface area contributed by atoms with E-state index in [0.29, 0.717) is 36.4 Å². The third kappa shape index (κ3) is 2.42. The molecule has 0 aliphatic carbocycles. The van der Waals surface area contributed by atoms with Gasteiger partial charge in [-0.05, 0) is 31.7 Å². The van der Waals surface area contributed by atoms with Gasteiger partial charge in [-0.15, -0.1) is 0 Å². The third-order valence-electron chi connectivity index (χ3n) is 4.22. The molecule has 21 heavy (non-hydrogen) atoms. The van der Waals surface area contributed by atoms with Crippen LogP contribution in [0.1, 0.15) is 29.0 Å². The van der Waals surface area contributed by atoms with Crippen molar-refractivity contribution in [2.45, 2.75) is 19.8 Å². The molecule has 1 fully saturated rings. The molecule has 2 aromatic rings. The highest BCUT2D eigenvalue weighted by Crippen LogP contribution is 2.29. The highest BCUT2D eigenvalue weighted by molar-refractivity contribution is 5.99. The molecule has 1 aromatic carbocycles. The highest BCUT2D eigenvalue weighted by atomic mass is 19.1. The van der Waals surface area contributed by atoms with E-state index in [1.54, 1.807) is 24.0 Å². The molecule has 4 nitrogen and oxygen atoms in total. The van der Waals surface area contributed by atoms with Gasteiger partial charge in [-0.1, -0.05) is 12.1 Å². The number of carbonyl (C=O) groups is 1. The predicted octanol–water partition coefficient (Wildman–Crippen LogP) is 2.72. The molecule has 1 unspecified atom stereocenters. The van der Waals surface area contributed by atoms with Crippen LogP contribution in [0.3, 0.4) is 0 Å². The fourth-order valence-electron chi connectivity index (χ4n) is 2.99. The summed E-state index contributed by atoms with van der Waals surface area (Å²) in [6, 6.07) is 4.70. The maximum absolute atomic E-state index is 13.7. The summed E-state index contributed by atoms with van der Waals surface area (Å²) in [6.45, 7) is 3.20. The summed E-state index contributed by atoms with van der Waals surface area (Å²) < 4.78 is 19.2. The lowest BCUT2D eigenvalue weighted by molar-refractivity contribution is 0.0754. The number of hydrogen-bond acceptors (Lipinski definition) is 3. The predicted molar refractivity (Wildman–Crippen MR) is 76.6 cm³/mol. The summed E-state index contributed by atoms with van der Waals surface area (Å²) in [5.74, 6) is -0.0853. The smallest absolute Gasteiger partial charge is 0.289 e. The van der Waals surface area contributed by atoms with Crippen molar-refractivity contribution in [3.8, 4) is 0 Å². The number of aliphatic hydroxyl groups excluding tert-OH is 1. The normalized spacial score (nSPS) is 18.6. The zero-order valence-electron chi connectivity index (χ0n) is 11.9. The van der Waals surface area contributed by atoms with E-state index in [2.05, 4.69) is 0 Å². The summed E-state index contributed by atoms with van der Waals surface area (Å²) in [5.41, 5.74) is 0.824. The first-order chi connectivity index (χ1) is 10.1. The van der Waals surface area contributed by atoms with Crippen LogP contribution < -0.4 is 0 Å².